The molecule has 0 rings (SSSR count). The zero-order valence-corrected chi connectivity index (χ0v) is 13.0. The van der Waals surface area contributed by atoms with Gasteiger partial charge in [0.15, 0.2) is 0 Å². The molecule has 0 aliphatic rings. The number of rotatable bonds is 11. The third-order valence-electron chi connectivity index (χ3n) is 3.29. The molecule has 110 valence electrons. The molecular weight excluding hydrogens is 234 g/mol. The van der Waals surface area contributed by atoms with E-state index in [0.717, 1.165) is 19.4 Å². The first-order chi connectivity index (χ1) is 9.20. The molecule has 0 aliphatic heterocycles. The zero-order valence-electron chi connectivity index (χ0n) is 13.0. The van der Waals surface area contributed by atoms with E-state index in [4.69, 9.17) is 0 Å². The predicted molar refractivity (Wildman–Crippen MR) is 84.1 cm³/mol. The van der Waals surface area contributed by atoms with Gasteiger partial charge < -0.3 is 5.32 Å². The highest BCUT2D eigenvalue weighted by Gasteiger charge is 1.99. The summed E-state index contributed by atoms with van der Waals surface area (Å²) in [5, 5.41) is 2.90. The van der Waals surface area contributed by atoms with Gasteiger partial charge in [0.25, 0.3) is 0 Å². The molecule has 0 saturated carbocycles. The minimum absolute atomic E-state index is 0.00731. The van der Waals surface area contributed by atoms with Gasteiger partial charge in [-0.15, -0.1) is 0 Å². The van der Waals surface area contributed by atoms with Gasteiger partial charge in [-0.25, -0.2) is 0 Å². The number of amides is 1. The molecule has 2 nitrogen and oxygen atoms in total. The number of hydrogen-bond donors (Lipinski definition) is 1. The van der Waals surface area contributed by atoms with E-state index in [0.29, 0.717) is 5.92 Å². The molecule has 0 aromatic rings. The Labute approximate surface area is 119 Å². The van der Waals surface area contributed by atoms with Crippen molar-refractivity contribution in [2.24, 2.45) is 5.92 Å². The molecule has 0 heterocycles. The molecule has 1 N–H and O–H groups in total. The summed E-state index contributed by atoms with van der Waals surface area (Å²) in [4.78, 5) is 11.4. The standard InChI is InChI=1S/C17H31NO/c1-4-6-7-8-9-10-11-12-13-14-17(19)18-15-16(3)5-2/h11-14,16H,4-10,15H2,1-3H3,(H,18,19)/b12-11+,14-13+. The van der Waals surface area contributed by atoms with Crippen LogP contribution in [0.15, 0.2) is 24.3 Å². The average Bonchev–Trinajstić information content (AvgIpc) is 2.42. The fourth-order valence-corrected chi connectivity index (χ4v) is 1.66. The van der Waals surface area contributed by atoms with Crippen molar-refractivity contribution in [2.45, 2.75) is 65.7 Å². The van der Waals surface area contributed by atoms with E-state index in [-0.39, 0.29) is 5.91 Å². The SMILES string of the molecule is CCCCCCC/C=C/C=C/C(=O)NCC(C)CC. The summed E-state index contributed by atoms with van der Waals surface area (Å²) in [5.74, 6) is 0.559. The number of carbonyl (C=O) groups excluding carboxylic acids is 1. The molecule has 0 aliphatic carbocycles. The van der Waals surface area contributed by atoms with Crippen molar-refractivity contribution in [3.05, 3.63) is 24.3 Å². The van der Waals surface area contributed by atoms with Crippen LogP contribution >= 0.6 is 0 Å². The summed E-state index contributed by atoms with van der Waals surface area (Å²) in [6, 6.07) is 0. The van der Waals surface area contributed by atoms with Gasteiger partial charge in [-0.3, -0.25) is 4.79 Å². The molecule has 2 heteroatoms. The molecular formula is C17H31NO. The van der Waals surface area contributed by atoms with Gasteiger partial charge in [-0.1, -0.05) is 71.1 Å². The highest BCUT2D eigenvalue weighted by molar-refractivity contribution is 5.87. The maximum atomic E-state index is 11.4. The van der Waals surface area contributed by atoms with Gasteiger partial charge >= 0.3 is 0 Å². The van der Waals surface area contributed by atoms with E-state index in [1.807, 2.05) is 12.2 Å². The van der Waals surface area contributed by atoms with Crippen LogP contribution < -0.4 is 5.32 Å². The van der Waals surface area contributed by atoms with Crippen LogP contribution in [0, 0.1) is 5.92 Å². The Bertz CT molecular complexity index is 268. The van der Waals surface area contributed by atoms with Crippen LogP contribution in [0.4, 0.5) is 0 Å². The van der Waals surface area contributed by atoms with Crippen molar-refractivity contribution >= 4 is 5.91 Å². The fourth-order valence-electron chi connectivity index (χ4n) is 1.66. The number of hydrogen-bond acceptors (Lipinski definition) is 1. The van der Waals surface area contributed by atoms with E-state index >= 15 is 0 Å². The highest BCUT2D eigenvalue weighted by atomic mass is 16.1. The number of allylic oxidation sites excluding steroid dienone is 3. The topological polar surface area (TPSA) is 29.1 Å². The summed E-state index contributed by atoms with van der Waals surface area (Å²) in [5.41, 5.74) is 0. The molecule has 0 fully saturated rings. The van der Waals surface area contributed by atoms with Crippen LogP contribution in [0.1, 0.15) is 65.7 Å². The van der Waals surface area contributed by atoms with Crippen molar-refractivity contribution in [1.29, 1.82) is 0 Å². The lowest BCUT2D eigenvalue weighted by atomic mass is 10.1. The maximum absolute atomic E-state index is 11.4. The second kappa shape index (κ2) is 13.4. The quantitative estimate of drug-likeness (QED) is 0.329. The summed E-state index contributed by atoms with van der Waals surface area (Å²) in [6.07, 6.45) is 16.3. The number of unbranched alkanes of at least 4 members (excludes halogenated alkanes) is 5. The van der Waals surface area contributed by atoms with Crippen molar-refractivity contribution in [3.63, 3.8) is 0 Å². The molecule has 0 spiro atoms. The molecule has 19 heavy (non-hydrogen) atoms. The Morgan fingerprint density at radius 1 is 1.11 bits per heavy atom. The maximum Gasteiger partial charge on any atom is 0.243 e. The highest BCUT2D eigenvalue weighted by Crippen LogP contribution is 2.05. The van der Waals surface area contributed by atoms with Crippen molar-refractivity contribution in [1.82, 2.24) is 5.32 Å². The van der Waals surface area contributed by atoms with E-state index in [1.165, 1.54) is 32.1 Å². The average molecular weight is 265 g/mol. The molecule has 0 radical (unpaired) electrons. The predicted octanol–water partition coefficient (Wildman–Crippen LogP) is 4.62. The van der Waals surface area contributed by atoms with Crippen LogP contribution in [-0.2, 0) is 4.79 Å². The van der Waals surface area contributed by atoms with Crippen molar-refractivity contribution in [2.75, 3.05) is 6.54 Å². The Hall–Kier alpha value is -1.05. The van der Waals surface area contributed by atoms with Gasteiger partial charge in [0.2, 0.25) is 5.91 Å². The lowest BCUT2D eigenvalue weighted by Gasteiger charge is -2.07. The van der Waals surface area contributed by atoms with Crippen LogP contribution in [0.25, 0.3) is 0 Å². The van der Waals surface area contributed by atoms with E-state index < -0.39 is 0 Å². The normalized spacial score (nSPS) is 13.2. The molecule has 0 bridgehead atoms. The summed E-state index contributed by atoms with van der Waals surface area (Å²) in [6.45, 7) is 7.27. The smallest absolute Gasteiger partial charge is 0.243 e. The third-order valence-corrected chi connectivity index (χ3v) is 3.29. The van der Waals surface area contributed by atoms with Crippen molar-refractivity contribution < 1.29 is 4.79 Å². The van der Waals surface area contributed by atoms with Gasteiger partial charge in [0, 0.05) is 12.6 Å². The minimum Gasteiger partial charge on any atom is -0.352 e. The Morgan fingerprint density at radius 2 is 1.84 bits per heavy atom. The zero-order chi connectivity index (χ0) is 14.3. The Balaban J connectivity index is 3.52. The van der Waals surface area contributed by atoms with E-state index in [9.17, 15) is 4.79 Å². The molecule has 1 unspecified atom stereocenters. The molecule has 0 aromatic carbocycles. The minimum atomic E-state index is 0.00731. The first-order valence-corrected chi connectivity index (χ1v) is 7.81. The molecule has 1 atom stereocenters. The largest absolute Gasteiger partial charge is 0.352 e. The van der Waals surface area contributed by atoms with Crippen LogP contribution in [-0.4, -0.2) is 12.5 Å². The lowest BCUT2D eigenvalue weighted by molar-refractivity contribution is -0.116. The summed E-state index contributed by atoms with van der Waals surface area (Å²) < 4.78 is 0. The monoisotopic (exact) mass is 265 g/mol. The first-order valence-electron chi connectivity index (χ1n) is 7.81. The Morgan fingerprint density at radius 3 is 2.53 bits per heavy atom. The van der Waals surface area contributed by atoms with E-state index in [1.54, 1.807) is 6.08 Å². The molecule has 0 aromatic heterocycles. The molecule has 1 amide bonds. The van der Waals surface area contributed by atoms with Crippen molar-refractivity contribution in [3.8, 4) is 0 Å². The first kappa shape index (κ1) is 17.9. The molecule has 0 saturated heterocycles. The second-order valence-corrected chi connectivity index (χ2v) is 5.25. The second-order valence-electron chi connectivity index (χ2n) is 5.25. The Kier molecular flexibility index (Phi) is 12.6. The van der Waals surface area contributed by atoms with Gasteiger partial charge in [0.1, 0.15) is 0 Å². The summed E-state index contributed by atoms with van der Waals surface area (Å²) >= 11 is 0. The number of nitrogens with one attached hydrogen (secondary N) is 1. The van der Waals surface area contributed by atoms with Crippen LogP contribution in [0.5, 0.6) is 0 Å². The fraction of sp³-hybridized carbons (Fsp3) is 0.706. The van der Waals surface area contributed by atoms with Gasteiger partial charge in [-0.05, 0) is 18.8 Å². The summed E-state index contributed by atoms with van der Waals surface area (Å²) in [7, 11) is 0. The van der Waals surface area contributed by atoms with Crippen LogP contribution in [0.3, 0.4) is 0 Å². The van der Waals surface area contributed by atoms with E-state index in [2.05, 4.69) is 32.2 Å². The lowest BCUT2D eigenvalue weighted by Crippen LogP contribution is -2.26. The van der Waals surface area contributed by atoms with Gasteiger partial charge in [-0.2, -0.15) is 0 Å². The third kappa shape index (κ3) is 13.2. The van der Waals surface area contributed by atoms with Crippen LogP contribution in [0.2, 0.25) is 0 Å². The van der Waals surface area contributed by atoms with Gasteiger partial charge in [0.05, 0.1) is 0 Å². The number of carbonyl (C=O) groups is 1.